The van der Waals surface area contributed by atoms with Crippen molar-refractivity contribution < 1.29 is 14.3 Å². The predicted molar refractivity (Wildman–Crippen MR) is 129 cm³/mol. The van der Waals surface area contributed by atoms with Crippen molar-refractivity contribution >= 4 is 11.8 Å². The summed E-state index contributed by atoms with van der Waals surface area (Å²) in [5, 5.41) is 0. The normalized spacial score (nSPS) is 10.9. The number of benzene rings is 1. The minimum Gasteiger partial charge on any atom is -0.494 e. The Kier molecular flexibility index (Phi) is 10.3. The molecule has 1 aromatic heterocycles. The molecule has 0 aliphatic rings. The number of ether oxygens (including phenoxy) is 1. The molecule has 32 heavy (non-hydrogen) atoms. The number of amides is 2. The lowest BCUT2D eigenvalue weighted by Crippen LogP contribution is -2.44. The van der Waals surface area contributed by atoms with Crippen molar-refractivity contribution in [1.82, 2.24) is 14.4 Å². The highest BCUT2D eigenvalue weighted by atomic mass is 16.5. The summed E-state index contributed by atoms with van der Waals surface area (Å²) in [6.07, 6.45) is 4.85. The van der Waals surface area contributed by atoms with Crippen LogP contribution in [0.1, 0.15) is 63.0 Å². The average molecular weight is 442 g/mol. The molecule has 0 spiro atoms. The van der Waals surface area contributed by atoms with Crippen LogP contribution in [-0.2, 0) is 18.4 Å². The fourth-order valence-corrected chi connectivity index (χ4v) is 3.55. The van der Waals surface area contributed by atoms with Crippen molar-refractivity contribution in [3.8, 4) is 5.75 Å². The maximum absolute atomic E-state index is 13.2. The van der Waals surface area contributed by atoms with Gasteiger partial charge in [-0.25, -0.2) is 0 Å². The van der Waals surface area contributed by atoms with Crippen LogP contribution >= 0.6 is 0 Å². The zero-order valence-corrected chi connectivity index (χ0v) is 20.3. The summed E-state index contributed by atoms with van der Waals surface area (Å²) < 4.78 is 7.72. The molecule has 0 saturated heterocycles. The lowest BCUT2D eigenvalue weighted by Gasteiger charge is -2.29. The highest BCUT2D eigenvalue weighted by Crippen LogP contribution is 2.16. The molecule has 2 amide bonds. The lowest BCUT2D eigenvalue weighted by atomic mass is 10.1. The van der Waals surface area contributed by atoms with Crippen molar-refractivity contribution in [2.45, 2.75) is 53.5 Å². The molecule has 0 fully saturated rings. The molecule has 0 N–H and O–H groups in total. The van der Waals surface area contributed by atoms with Crippen LogP contribution in [0.15, 0.2) is 42.6 Å². The van der Waals surface area contributed by atoms with Gasteiger partial charge in [-0.15, -0.1) is 0 Å². The molecule has 2 rings (SSSR count). The van der Waals surface area contributed by atoms with Crippen molar-refractivity contribution in [3.63, 3.8) is 0 Å². The largest absolute Gasteiger partial charge is 0.494 e. The van der Waals surface area contributed by atoms with Gasteiger partial charge in [0.15, 0.2) is 0 Å². The molecular formula is C26H39N3O3. The minimum atomic E-state index is -0.122. The maximum atomic E-state index is 13.2. The van der Waals surface area contributed by atoms with E-state index < -0.39 is 0 Å². The number of hydrogen-bond donors (Lipinski definition) is 0. The topological polar surface area (TPSA) is 54.8 Å². The second-order valence-corrected chi connectivity index (χ2v) is 8.73. The molecule has 1 aromatic carbocycles. The van der Waals surface area contributed by atoms with Gasteiger partial charge in [-0.3, -0.25) is 9.59 Å². The third-order valence-corrected chi connectivity index (χ3v) is 5.32. The quantitative estimate of drug-likeness (QED) is 0.422. The van der Waals surface area contributed by atoms with Crippen LogP contribution in [0.2, 0.25) is 0 Å². The fraction of sp³-hybridized carbons (Fsp3) is 0.538. The first-order valence-electron chi connectivity index (χ1n) is 11.8. The second kappa shape index (κ2) is 12.9. The van der Waals surface area contributed by atoms with E-state index >= 15 is 0 Å². The van der Waals surface area contributed by atoms with E-state index in [2.05, 4.69) is 20.8 Å². The number of nitrogens with zero attached hydrogens (tertiary/aromatic N) is 3. The number of carbonyl (C=O) groups excluding carboxylic acids is 2. The van der Waals surface area contributed by atoms with Crippen molar-refractivity contribution in [2.75, 3.05) is 26.2 Å². The van der Waals surface area contributed by atoms with Crippen molar-refractivity contribution in [2.24, 2.45) is 13.0 Å². The molecule has 2 aromatic rings. The molecule has 0 unspecified atom stereocenters. The Bertz CT molecular complexity index is 842. The third kappa shape index (κ3) is 7.74. The number of hydrogen-bond acceptors (Lipinski definition) is 3. The van der Waals surface area contributed by atoms with Gasteiger partial charge in [0, 0.05) is 37.6 Å². The summed E-state index contributed by atoms with van der Waals surface area (Å²) in [7, 11) is 1.98. The van der Waals surface area contributed by atoms with Crippen LogP contribution < -0.4 is 4.74 Å². The van der Waals surface area contributed by atoms with Crippen LogP contribution in [0.25, 0.3) is 0 Å². The Balaban J connectivity index is 2.09. The summed E-state index contributed by atoms with van der Waals surface area (Å²) in [6.45, 7) is 10.8. The fourth-order valence-electron chi connectivity index (χ4n) is 3.55. The summed E-state index contributed by atoms with van der Waals surface area (Å²) in [4.78, 5) is 29.9. The minimum absolute atomic E-state index is 0.0266. The van der Waals surface area contributed by atoms with E-state index in [-0.39, 0.29) is 18.4 Å². The Labute approximate surface area is 193 Å². The zero-order chi connectivity index (χ0) is 23.5. The van der Waals surface area contributed by atoms with Crippen LogP contribution in [0, 0.1) is 5.92 Å². The highest BCUT2D eigenvalue weighted by molar-refractivity contribution is 5.96. The summed E-state index contributed by atoms with van der Waals surface area (Å²) in [5.74, 6) is 0.957. The number of aromatic nitrogens is 1. The second-order valence-electron chi connectivity index (χ2n) is 8.73. The van der Waals surface area contributed by atoms with E-state index in [4.69, 9.17) is 4.74 Å². The van der Waals surface area contributed by atoms with Gasteiger partial charge in [0.05, 0.1) is 13.2 Å². The maximum Gasteiger partial charge on any atom is 0.254 e. The van der Waals surface area contributed by atoms with Gasteiger partial charge in [-0.1, -0.05) is 34.1 Å². The first-order chi connectivity index (χ1) is 15.3. The Morgan fingerprint density at radius 1 is 1.03 bits per heavy atom. The van der Waals surface area contributed by atoms with E-state index in [1.54, 1.807) is 17.0 Å². The van der Waals surface area contributed by atoms with Gasteiger partial charge in [0.25, 0.3) is 5.91 Å². The first kappa shape index (κ1) is 25.5. The third-order valence-electron chi connectivity index (χ3n) is 5.32. The smallest absolute Gasteiger partial charge is 0.254 e. The highest BCUT2D eigenvalue weighted by Gasteiger charge is 2.23. The Morgan fingerprint density at radius 3 is 2.31 bits per heavy atom. The number of rotatable bonds is 13. The molecule has 6 nitrogen and oxygen atoms in total. The SMILES string of the molecule is CCCCOc1ccc(C(=O)N(CCC)CC(=O)N(Cc2cccn2C)CC(C)C)cc1. The predicted octanol–water partition coefficient (Wildman–Crippen LogP) is 4.74. The average Bonchev–Trinajstić information content (AvgIpc) is 3.17. The summed E-state index contributed by atoms with van der Waals surface area (Å²) >= 11 is 0. The molecule has 0 bridgehead atoms. The molecule has 0 aliphatic heterocycles. The van der Waals surface area contributed by atoms with E-state index in [0.29, 0.717) is 37.7 Å². The first-order valence-corrected chi connectivity index (χ1v) is 11.8. The molecule has 0 radical (unpaired) electrons. The zero-order valence-electron chi connectivity index (χ0n) is 20.3. The van der Waals surface area contributed by atoms with Crippen molar-refractivity contribution in [1.29, 1.82) is 0 Å². The summed E-state index contributed by atoms with van der Waals surface area (Å²) in [6, 6.07) is 11.2. The van der Waals surface area contributed by atoms with Gasteiger partial charge in [0.2, 0.25) is 5.91 Å². The number of aryl methyl sites for hydroxylation is 1. The lowest BCUT2D eigenvalue weighted by molar-refractivity contribution is -0.133. The standard InChI is InChI=1S/C26H39N3O3/c1-6-8-17-32-24-13-11-22(12-14-24)26(31)28(15-7-2)20-25(30)29(18-21(3)4)19-23-10-9-16-27(23)5/h9-14,16,21H,6-8,15,17-20H2,1-5H3. The van der Waals surface area contributed by atoms with Gasteiger partial charge >= 0.3 is 0 Å². The van der Waals surface area contributed by atoms with E-state index in [1.807, 2.05) is 53.9 Å². The van der Waals surface area contributed by atoms with Crippen LogP contribution in [0.4, 0.5) is 0 Å². The van der Waals surface area contributed by atoms with Gasteiger partial charge < -0.3 is 19.1 Å². The summed E-state index contributed by atoms with van der Waals surface area (Å²) in [5.41, 5.74) is 1.65. The molecule has 0 aliphatic carbocycles. The van der Waals surface area contributed by atoms with Gasteiger partial charge in [0.1, 0.15) is 12.3 Å². The van der Waals surface area contributed by atoms with E-state index in [1.165, 1.54) is 0 Å². The molecular weight excluding hydrogens is 402 g/mol. The van der Waals surface area contributed by atoms with Crippen LogP contribution in [0.5, 0.6) is 5.75 Å². The number of carbonyl (C=O) groups is 2. The number of unbranched alkanes of at least 4 members (excludes halogenated alkanes) is 1. The molecule has 176 valence electrons. The molecule has 0 saturated carbocycles. The van der Waals surface area contributed by atoms with E-state index in [0.717, 1.165) is 30.7 Å². The molecule has 0 atom stereocenters. The van der Waals surface area contributed by atoms with Gasteiger partial charge in [-0.05, 0) is 55.2 Å². The Morgan fingerprint density at radius 2 is 1.75 bits per heavy atom. The molecule has 1 heterocycles. The van der Waals surface area contributed by atoms with Crippen molar-refractivity contribution in [3.05, 3.63) is 53.9 Å². The van der Waals surface area contributed by atoms with E-state index in [9.17, 15) is 9.59 Å². The van der Waals surface area contributed by atoms with Crippen LogP contribution in [-0.4, -0.2) is 52.4 Å². The molecule has 6 heteroatoms. The Hall–Kier alpha value is -2.76. The van der Waals surface area contributed by atoms with Crippen LogP contribution in [0.3, 0.4) is 0 Å². The monoisotopic (exact) mass is 441 g/mol. The van der Waals surface area contributed by atoms with Gasteiger partial charge in [-0.2, -0.15) is 0 Å².